The molecule has 0 aromatic carbocycles. The van der Waals surface area contributed by atoms with E-state index in [4.69, 9.17) is 0 Å². The number of amides is 2. The minimum absolute atomic E-state index is 0.0230. The molecule has 5 nitrogen and oxygen atoms in total. The summed E-state index contributed by atoms with van der Waals surface area (Å²) in [6.45, 7) is 3.13. The second kappa shape index (κ2) is 7.62. The molecule has 0 radical (unpaired) electrons. The molecule has 1 heterocycles. The lowest BCUT2D eigenvalue weighted by atomic mass is 9.91. The Hall–Kier alpha value is -0.910. The third-order valence-electron chi connectivity index (χ3n) is 3.60. The van der Waals surface area contributed by atoms with Crippen LogP contribution in [0.4, 0.5) is 4.79 Å². The molecule has 0 aromatic rings. The minimum atomic E-state index is -0.891. The van der Waals surface area contributed by atoms with E-state index in [0.717, 1.165) is 25.0 Å². The standard InChI is InChI=1S/C13H24N2O3S/c1-10-6-4-8-15(11(10)12(16)17)13(18)14(2)7-5-9-19-3/h10-11H,4-9H2,1-3H3,(H,16,17). The van der Waals surface area contributed by atoms with Gasteiger partial charge in [-0.05, 0) is 37.2 Å². The number of rotatable bonds is 5. The number of hydrogen-bond donors (Lipinski definition) is 1. The van der Waals surface area contributed by atoms with Crippen molar-refractivity contribution in [2.45, 2.75) is 32.2 Å². The molecule has 0 saturated carbocycles. The van der Waals surface area contributed by atoms with E-state index >= 15 is 0 Å². The van der Waals surface area contributed by atoms with Crippen LogP contribution in [0, 0.1) is 5.92 Å². The number of carbonyl (C=O) groups excluding carboxylic acids is 1. The summed E-state index contributed by atoms with van der Waals surface area (Å²) in [6.07, 6.45) is 4.73. The Morgan fingerprint density at radius 2 is 2.16 bits per heavy atom. The quantitative estimate of drug-likeness (QED) is 0.786. The van der Waals surface area contributed by atoms with Gasteiger partial charge in [0.25, 0.3) is 0 Å². The van der Waals surface area contributed by atoms with Crippen molar-refractivity contribution >= 4 is 23.8 Å². The van der Waals surface area contributed by atoms with E-state index in [9.17, 15) is 14.7 Å². The van der Waals surface area contributed by atoms with Gasteiger partial charge in [0.15, 0.2) is 0 Å². The molecule has 6 heteroatoms. The van der Waals surface area contributed by atoms with Crippen molar-refractivity contribution in [2.24, 2.45) is 5.92 Å². The van der Waals surface area contributed by atoms with Crippen LogP contribution in [0.15, 0.2) is 0 Å². The van der Waals surface area contributed by atoms with Gasteiger partial charge in [0.05, 0.1) is 0 Å². The van der Waals surface area contributed by atoms with Crippen LogP contribution in [-0.4, -0.2) is 65.1 Å². The summed E-state index contributed by atoms with van der Waals surface area (Å²) < 4.78 is 0. The fourth-order valence-electron chi connectivity index (χ4n) is 2.54. The zero-order chi connectivity index (χ0) is 14.4. The molecule has 0 aliphatic carbocycles. The first-order chi connectivity index (χ1) is 8.99. The molecule has 1 aliphatic rings. The summed E-state index contributed by atoms with van der Waals surface area (Å²) in [4.78, 5) is 26.8. The molecule has 1 rings (SSSR count). The molecule has 1 fully saturated rings. The molecule has 0 aromatic heterocycles. The smallest absolute Gasteiger partial charge is 0.326 e. The molecule has 0 spiro atoms. The summed E-state index contributed by atoms with van der Waals surface area (Å²) in [7, 11) is 1.75. The Kier molecular flexibility index (Phi) is 6.48. The van der Waals surface area contributed by atoms with Gasteiger partial charge in [0, 0.05) is 20.1 Å². The topological polar surface area (TPSA) is 60.9 Å². The van der Waals surface area contributed by atoms with Gasteiger partial charge in [-0.2, -0.15) is 11.8 Å². The highest BCUT2D eigenvalue weighted by molar-refractivity contribution is 7.98. The van der Waals surface area contributed by atoms with Gasteiger partial charge in [0.1, 0.15) is 6.04 Å². The van der Waals surface area contributed by atoms with E-state index < -0.39 is 12.0 Å². The molecule has 1 N–H and O–H groups in total. The highest BCUT2D eigenvalue weighted by atomic mass is 32.2. The lowest BCUT2D eigenvalue weighted by Gasteiger charge is -2.39. The predicted octanol–water partition coefficient (Wildman–Crippen LogP) is 1.98. The highest BCUT2D eigenvalue weighted by Gasteiger charge is 2.37. The maximum atomic E-state index is 12.3. The first-order valence-corrected chi connectivity index (χ1v) is 8.12. The molecule has 2 amide bonds. The van der Waals surface area contributed by atoms with Crippen LogP contribution in [-0.2, 0) is 4.79 Å². The number of carboxylic acids is 1. The lowest BCUT2D eigenvalue weighted by Crippen LogP contribution is -2.55. The number of likely N-dealkylation sites (tertiary alicyclic amines) is 1. The number of thioether (sulfide) groups is 1. The van der Waals surface area contributed by atoms with Crippen LogP contribution in [0.25, 0.3) is 0 Å². The maximum absolute atomic E-state index is 12.3. The van der Waals surface area contributed by atoms with Gasteiger partial charge < -0.3 is 14.9 Å². The number of urea groups is 1. The van der Waals surface area contributed by atoms with Crippen molar-refractivity contribution in [3.63, 3.8) is 0 Å². The summed E-state index contributed by atoms with van der Waals surface area (Å²) in [5, 5.41) is 9.31. The third kappa shape index (κ3) is 4.30. The first kappa shape index (κ1) is 16.1. The highest BCUT2D eigenvalue weighted by Crippen LogP contribution is 2.24. The van der Waals surface area contributed by atoms with Crippen molar-refractivity contribution in [2.75, 3.05) is 32.1 Å². The van der Waals surface area contributed by atoms with Crippen LogP contribution in [0.2, 0.25) is 0 Å². The van der Waals surface area contributed by atoms with Crippen molar-refractivity contribution < 1.29 is 14.7 Å². The normalized spacial score (nSPS) is 23.2. The van der Waals surface area contributed by atoms with E-state index in [1.54, 1.807) is 23.7 Å². The lowest BCUT2D eigenvalue weighted by molar-refractivity contribution is -0.145. The number of piperidine rings is 1. The van der Waals surface area contributed by atoms with Gasteiger partial charge in [-0.15, -0.1) is 0 Å². The van der Waals surface area contributed by atoms with E-state index in [-0.39, 0.29) is 11.9 Å². The Morgan fingerprint density at radius 3 is 2.74 bits per heavy atom. The molecule has 2 atom stereocenters. The fraction of sp³-hybridized carbons (Fsp3) is 0.846. The SMILES string of the molecule is CSCCCN(C)C(=O)N1CCCC(C)C1C(=O)O. The van der Waals surface area contributed by atoms with E-state index in [2.05, 4.69) is 0 Å². The Bertz CT molecular complexity index is 325. The van der Waals surface area contributed by atoms with Gasteiger partial charge >= 0.3 is 12.0 Å². The van der Waals surface area contributed by atoms with Crippen molar-refractivity contribution in [1.29, 1.82) is 0 Å². The van der Waals surface area contributed by atoms with Crippen LogP contribution in [0.5, 0.6) is 0 Å². The molecule has 19 heavy (non-hydrogen) atoms. The number of nitrogens with zero attached hydrogens (tertiary/aromatic N) is 2. The third-order valence-corrected chi connectivity index (χ3v) is 4.30. The Balaban J connectivity index is 2.64. The number of aliphatic carboxylic acids is 1. The van der Waals surface area contributed by atoms with Gasteiger partial charge in [0.2, 0.25) is 0 Å². The van der Waals surface area contributed by atoms with E-state index in [1.165, 1.54) is 4.90 Å². The average molecular weight is 288 g/mol. The number of carbonyl (C=O) groups is 2. The number of carboxylic acid groups (broad SMARTS) is 1. The summed E-state index contributed by atoms with van der Waals surface area (Å²) in [5.41, 5.74) is 0. The van der Waals surface area contributed by atoms with Crippen molar-refractivity contribution in [3.8, 4) is 0 Å². The molecular formula is C13H24N2O3S. The summed E-state index contributed by atoms with van der Waals surface area (Å²) >= 11 is 1.75. The van der Waals surface area contributed by atoms with Crippen molar-refractivity contribution in [3.05, 3.63) is 0 Å². The predicted molar refractivity (Wildman–Crippen MR) is 77.6 cm³/mol. The van der Waals surface area contributed by atoms with Crippen LogP contribution in [0.3, 0.4) is 0 Å². The van der Waals surface area contributed by atoms with Crippen LogP contribution >= 0.6 is 11.8 Å². The monoisotopic (exact) mass is 288 g/mol. The van der Waals surface area contributed by atoms with Crippen LogP contribution < -0.4 is 0 Å². The van der Waals surface area contributed by atoms with E-state index in [1.807, 2.05) is 13.2 Å². The molecule has 110 valence electrons. The Labute approximate surface area is 119 Å². The zero-order valence-electron chi connectivity index (χ0n) is 12.0. The van der Waals surface area contributed by atoms with Gasteiger partial charge in [-0.25, -0.2) is 9.59 Å². The zero-order valence-corrected chi connectivity index (χ0v) is 12.8. The van der Waals surface area contributed by atoms with Crippen molar-refractivity contribution in [1.82, 2.24) is 9.80 Å². The maximum Gasteiger partial charge on any atom is 0.326 e. The fourth-order valence-corrected chi connectivity index (χ4v) is 2.96. The number of hydrogen-bond acceptors (Lipinski definition) is 3. The molecule has 1 saturated heterocycles. The minimum Gasteiger partial charge on any atom is -0.480 e. The molecular weight excluding hydrogens is 264 g/mol. The molecule has 1 aliphatic heterocycles. The second-order valence-corrected chi connectivity index (χ2v) is 6.13. The molecule has 2 unspecified atom stereocenters. The summed E-state index contributed by atoms with van der Waals surface area (Å²) in [6, 6.07) is -0.829. The Morgan fingerprint density at radius 1 is 1.47 bits per heavy atom. The van der Waals surface area contributed by atoms with Crippen LogP contribution in [0.1, 0.15) is 26.2 Å². The second-order valence-electron chi connectivity index (χ2n) is 5.15. The van der Waals surface area contributed by atoms with Gasteiger partial charge in [-0.1, -0.05) is 6.92 Å². The average Bonchev–Trinajstić information content (AvgIpc) is 2.37. The molecule has 0 bridgehead atoms. The van der Waals surface area contributed by atoms with E-state index in [0.29, 0.717) is 13.1 Å². The largest absolute Gasteiger partial charge is 0.480 e. The first-order valence-electron chi connectivity index (χ1n) is 6.72. The van der Waals surface area contributed by atoms with Gasteiger partial charge in [-0.3, -0.25) is 0 Å². The summed E-state index contributed by atoms with van der Waals surface area (Å²) in [5.74, 6) is 0.143.